The molecule has 3 aliphatic rings. The number of carbonyl (C=O) groups excluding carboxylic acids is 1. The molecule has 2 unspecified atom stereocenters. The smallest absolute Gasteiger partial charge is 0.220 e. The summed E-state index contributed by atoms with van der Waals surface area (Å²) >= 11 is 6.44. The molecule has 1 saturated heterocycles. The average molecular weight is 504 g/mol. The van der Waals surface area contributed by atoms with E-state index < -0.39 is 0 Å². The zero-order chi connectivity index (χ0) is 24.8. The van der Waals surface area contributed by atoms with Crippen molar-refractivity contribution in [2.75, 3.05) is 13.1 Å². The maximum absolute atomic E-state index is 12.7. The number of nitrogens with one attached hydrogen (secondary N) is 1. The monoisotopic (exact) mass is 503 g/mol. The second kappa shape index (κ2) is 9.55. The van der Waals surface area contributed by atoms with E-state index in [0.717, 1.165) is 60.4 Å². The lowest BCUT2D eigenvalue weighted by Crippen LogP contribution is -2.32. The number of halogens is 1. The number of carbonyl (C=O) groups is 1. The van der Waals surface area contributed by atoms with Crippen molar-refractivity contribution in [3.8, 4) is 0 Å². The third-order valence-electron chi connectivity index (χ3n) is 8.09. The first-order chi connectivity index (χ1) is 17.5. The van der Waals surface area contributed by atoms with Crippen LogP contribution in [-0.2, 0) is 11.2 Å². The summed E-state index contributed by atoms with van der Waals surface area (Å²) in [6.45, 7) is 8.35. The predicted octanol–water partition coefficient (Wildman–Crippen LogP) is 6.01. The molecule has 1 aliphatic carbocycles. The SMILES string of the molecule is C=C1c2cc(Cl)ccc2CCC(=O)NCCC(C)c2cc(C3CC3)nc3cc(nn23)C2CCCCN12. The largest absolute Gasteiger partial charge is 0.363 e. The van der Waals surface area contributed by atoms with E-state index in [9.17, 15) is 4.79 Å². The molecule has 6 rings (SSSR count). The van der Waals surface area contributed by atoms with E-state index >= 15 is 0 Å². The van der Waals surface area contributed by atoms with Crippen molar-refractivity contribution in [3.63, 3.8) is 0 Å². The second-order valence-electron chi connectivity index (χ2n) is 10.7. The highest BCUT2D eigenvalue weighted by Gasteiger charge is 2.31. The molecule has 1 aromatic carbocycles. The van der Waals surface area contributed by atoms with Crippen molar-refractivity contribution in [3.05, 3.63) is 70.1 Å². The van der Waals surface area contributed by atoms with E-state index in [4.69, 9.17) is 21.7 Å². The lowest BCUT2D eigenvalue weighted by molar-refractivity contribution is -0.121. The van der Waals surface area contributed by atoms with Crippen LogP contribution in [0.25, 0.3) is 11.3 Å². The normalized spacial score (nSPS) is 23.4. The zero-order valence-corrected chi connectivity index (χ0v) is 21.7. The fraction of sp³-hybridized carbons (Fsp3) is 0.483. The van der Waals surface area contributed by atoms with Crippen LogP contribution in [0.2, 0.25) is 5.02 Å². The highest BCUT2D eigenvalue weighted by molar-refractivity contribution is 6.30. The molecule has 0 spiro atoms. The van der Waals surface area contributed by atoms with Crippen LogP contribution in [0.4, 0.5) is 0 Å². The van der Waals surface area contributed by atoms with Crippen LogP contribution >= 0.6 is 11.6 Å². The van der Waals surface area contributed by atoms with Crippen molar-refractivity contribution < 1.29 is 4.79 Å². The third-order valence-corrected chi connectivity index (χ3v) is 8.32. The van der Waals surface area contributed by atoms with Crippen molar-refractivity contribution in [2.24, 2.45) is 0 Å². The minimum atomic E-state index is 0.0802. The Morgan fingerprint density at radius 2 is 1.92 bits per heavy atom. The molecule has 1 saturated carbocycles. The quantitative estimate of drug-likeness (QED) is 0.441. The van der Waals surface area contributed by atoms with Crippen molar-refractivity contribution in [1.82, 2.24) is 24.8 Å². The third kappa shape index (κ3) is 4.52. The maximum atomic E-state index is 12.7. The molecule has 2 atom stereocenters. The van der Waals surface area contributed by atoms with Crippen LogP contribution < -0.4 is 5.32 Å². The van der Waals surface area contributed by atoms with E-state index in [2.05, 4.69) is 40.4 Å². The highest BCUT2D eigenvalue weighted by atomic mass is 35.5. The van der Waals surface area contributed by atoms with Crippen LogP contribution in [-0.4, -0.2) is 38.5 Å². The van der Waals surface area contributed by atoms with Crippen LogP contribution in [0.1, 0.15) is 98.0 Å². The van der Waals surface area contributed by atoms with E-state index in [1.54, 1.807) is 0 Å². The zero-order valence-electron chi connectivity index (χ0n) is 21.0. The molecule has 188 valence electrons. The van der Waals surface area contributed by atoms with E-state index in [1.807, 2.05) is 18.2 Å². The molecule has 2 aromatic heterocycles. The molecule has 2 aliphatic heterocycles. The highest BCUT2D eigenvalue weighted by Crippen LogP contribution is 2.41. The molecule has 4 heterocycles. The maximum Gasteiger partial charge on any atom is 0.220 e. The van der Waals surface area contributed by atoms with Gasteiger partial charge in [-0.15, -0.1) is 0 Å². The number of aromatic nitrogens is 3. The van der Waals surface area contributed by atoms with Crippen LogP contribution in [0.15, 0.2) is 36.9 Å². The minimum Gasteiger partial charge on any atom is -0.363 e. The fourth-order valence-corrected chi connectivity index (χ4v) is 5.97. The summed E-state index contributed by atoms with van der Waals surface area (Å²) in [6.07, 6.45) is 7.71. The summed E-state index contributed by atoms with van der Waals surface area (Å²) in [7, 11) is 0. The van der Waals surface area contributed by atoms with E-state index in [0.29, 0.717) is 30.3 Å². The average Bonchev–Trinajstić information content (AvgIpc) is 3.65. The van der Waals surface area contributed by atoms with Gasteiger partial charge in [0.1, 0.15) is 0 Å². The molecule has 1 N–H and O–H groups in total. The number of hydrogen-bond donors (Lipinski definition) is 1. The molecule has 7 heteroatoms. The Balaban J connectivity index is 1.47. The number of amides is 1. The second-order valence-corrected chi connectivity index (χ2v) is 11.1. The van der Waals surface area contributed by atoms with Gasteiger partial charge in [-0.25, -0.2) is 9.50 Å². The first-order valence-electron chi connectivity index (χ1n) is 13.4. The molecule has 1 amide bonds. The van der Waals surface area contributed by atoms with Crippen molar-refractivity contribution >= 4 is 28.9 Å². The summed E-state index contributed by atoms with van der Waals surface area (Å²) in [5, 5.41) is 8.98. The number of hydrogen-bond acceptors (Lipinski definition) is 4. The molecular weight excluding hydrogens is 470 g/mol. The summed E-state index contributed by atoms with van der Waals surface area (Å²) < 4.78 is 2.06. The summed E-state index contributed by atoms with van der Waals surface area (Å²) in [5.74, 6) is 0.908. The first-order valence-corrected chi connectivity index (χ1v) is 13.8. The van der Waals surface area contributed by atoms with Crippen LogP contribution in [0.3, 0.4) is 0 Å². The summed E-state index contributed by atoms with van der Waals surface area (Å²) in [4.78, 5) is 20.2. The molecule has 2 bridgehead atoms. The summed E-state index contributed by atoms with van der Waals surface area (Å²) in [5.41, 5.74) is 7.47. The number of nitrogens with zero attached hydrogens (tertiary/aromatic N) is 4. The Bertz CT molecular complexity index is 1330. The van der Waals surface area contributed by atoms with Gasteiger partial charge in [-0.2, -0.15) is 5.10 Å². The van der Waals surface area contributed by atoms with Gasteiger partial charge in [0.05, 0.1) is 11.7 Å². The lowest BCUT2D eigenvalue weighted by Gasteiger charge is -2.38. The van der Waals surface area contributed by atoms with Gasteiger partial charge in [0.15, 0.2) is 5.65 Å². The van der Waals surface area contributed by atoms with Crippen LogP contribution in [0.5, 0.6) is 0 Å². The minimum absolute atomic E-state index is 0.0802. The lowest BCUT2D eigenvalue weighted by atomic mass is 9.94. The molecule has 36 heavy (non-hydrogen) atoms. The van der Waals surface area contributed by atoms with Crippen molar-refractivity contribution in [1.29, 1.82) is 0 Å². The van der Waals surface area contributed by atoms with Gasteiger partial charge in [0, 0.05) is 65.1 Å². The Hall–Kier alpha value is -2.86. The van der Waals surface area contributed by atoms with Gasteiger partial charge in [-0.05, 0) is 68.7 Å². The molecule has 2 fully saturated rings. The number of aryl methyl sites for hydroxylation is 1. The van der Waals surface area contributed by atoms with E-state index in [1.165, 1.54) is 24.2 Å². The standard InChI is InChI=1S/C29H34ClN5O/c1-18-12-13-31-29(36)11-9-20-8-10-22(30)15-23(20)19(2)34-14-4-3-5-26(34)25-17-28-32-24(21-6-7-21)16-27(18)35(28)33-25/h8,10,15-18,21,26H,2-7,9,11-14H2,1H3,(H,31,36). The topological polar surface area (TPSA) is 62.5 Å². The Morgan fingerprint density at radius 3 is 2.75 bits per heavy atom. The molecular formula is C29H34ClN5O. The van der Waals surface area contributed by atoms with Gasteiger partial charge in [-0.3, -0.25) is 4.79 Å². The Kier molecular flexibility index (Phi) is 6.24. The van der Waals surface area contributed by atoms with Gasteiger partial charge in [0.25, 0.3) is 0 Å². The van der Waals surface area contributed by atoms with Gasteiger partial charge < -0.3 is 10.2 Å². The van der Waals surface area contributed by atoms with Crippen LogP contribution in [0, 0.1) is 0 Å². The summed E-state index contributed by atoms with van der Waals surface area (Å²) in [6, 6.07) is 10.5. The molecule has 3 aromatic rings. The molecule has 0 radical (unpaired) electrons. The van der Waals surface area contributed by atoms with Gasteiger partial charge in [-0.1, -0.05) is 31.2 Å². The molecule has 6 nitrogen and oxygen atoms in total. The Morgan fingerprint density at radius 1 is 1.06 bits per heavy atom. The number of piperidine rings is 1. The van der Waals surface area contributed by atoms with Gasteiger partial charge in [0.2, 0.25) is 5.91 Å². The number of rotatable bonds is 1. The van der Waals surface area contributed by atoms with Gasteiger partial charge >= 0.3 is 0 Å². The number of benzene rings is 1. The number of fused-ring (bicyclic) bond motifs is 4. The van der Waals surface area contributed by atoms with Crippen molar-refractivity contribution in [2.45, 2.75) is 76.2 Å². The fourth-order valence-electron chi connectivity index (χ4n) is 5.80. The predicted molar refractivity (Wildman–Crippen MR) is 143 cm³/mol. The first kappa shape index (κ1) is 23.5. The Labute approximate surface area is 217 Å². The van der Waals surface area contributed by atoms with E-state index in [-0.39, 0.29) is 17.9 Å².